The van der Waals surface area contributed by atoms with Crippen LogP contribution in [0.5, 0.6) is 5.75 Å². The molecule has 1 rings (SSSR count). The first kappa shape index (κ1) is 14.4. The molecule has 0 spiro atoms. The van der Waals surface area contributed by atoms with Gasteiger partial charge in [-0.15, -0.1) is 0 Å². The smallest absolute Gasteiger partial charge is 0.300 e. The van der Waals surface area contributed by atoms with E-state index in [-0.39, 0.29) is 13.5 Å². The maximum Gasteiger partial charge on any atom is 0.300 e. The Kier molecular flexibility index (Phi) is 9.87. The third-order valence-corrected chi connectivity index (χ3v) is 0.979. The number of hydrogen-bond donors (Lipinski definition) is 1. The fourth-order valence-electron chi connectivity index (χ4n) is 0.557. The van der Waals surface area contributed by atoms with E-state index in [1.807, 2.05) is 30.3 Å². The first-order chi connectivity index (χ1) is 5.66. The highest BCUT2D eigenvalue weighted by Gasteiger charge is 1.80. The molecule has 0 aliphatic heterocycles. The van der Waals surface area contributed by atoms with Crippen molar-refractivity contribution < 1.29 is 14.6 Å². The van der Waals surface area contributed by atoms with Gasteiger partial charge in [0.1, 0.15) is 5.75 Å². The average Bonchev–Trinajstić information content (AvgIpc) is 2.05. The highest BCUT2D eigenvalue weighted by molar-refractivity contribution is 7.59. The van der Waals surface area contributed by atoms with Crippen molar-refractivity contribution in [3.05, 3.63) is 30.3 Å². The lowest BCUT2D eigenvalue weighted by Crippen LogP contribution is -1.78. The van der Waals surface area contributed by atoms with Crippen molar-refractivity contribution in [3.63, 3.8) is 0 Å². The van der Waals surface area contributed by atoms with Gasteiger partial charge >= 0.3 is 0 Å². The van der Waals surface area contributed by atoms with E-state index < -0.39 is 5.97 Å². The lowest BCUT2D eigenvalue weighted by molar-refractivity contribution is -0.134. The molecule has 0 aliphatic carbocycles. The van der Waals surface area contributed by atoms with Crippen molar-refractivity contribution >= 4 is 19.5 Å². The second-order valence-corrected chi connectivity index (χ2v) is 2.04. The van der Waals surface area contributed by atoms with Crippen molar-refractivity contribution in [2.75, 3.05) is 7.11 Å². The quantitative estimate of drug-likeness (QED) is 0.756. The van der Waals surface area contributed by atoms with E-state index >= 15 is 0 Å². The Labute approximate surface area is 84.8 Å². The van der Waals surface area contributed by atoms with Crippen LogP contribution in [-0.4, -0.2) is 18.2 Å². The lowest BCUT2D eigenvalue weighted by Gasteiger charge is -1.93. The fourth-order valence-corrected chi connectivity index (χ4v) is 0.557. The summed E-state index contributed by atoms with van der Waals surface area (Å²) in [6.45, 7) is 1.08. The molecule has 1 aromatic rings. The summed E-state index contributed by atoms with van der Waals surface area (Å²) in [6, 6.07) is 9.68. The van der Waals surface area contributed by atoms with Gasteiger partial charge in [-0.3, -0.25) is 4.79 Å². The van der Waals surface area contributed by atoms with Crippen LogP contribution in [0.3, 0.4) is 0 Å². The first-order valence-electron chi connectivity index (χ1n) is 3.45. The number of hydrogen-bond acceptors (Lipinski definition) is 2. The van der Waals surface area contributed by atoms with Crippen molar-refractivity contribution in [2.24, 2.45) is 0 Å². The molecule has 74 valence electrons. The monoisotopic (exact) mass is 202 g/mol. The number of carbonyl (C=O) groups is 1. The van der Waals surface area contributed by atoms with E-state index in [0.717, 1.165) is 12.7 Å². The summed E-state index contributed by atoms with van der Waals surface area (Å²) in [4.78, 5) is 9.00. The third kappa shape index (κ3) is 10.8. The molecule has 0 aliphatic rings. The van der Waals surface area contributed by atoms with Crippen LogP contribution in [-0.2, 0) is 4.79 Å². The zero-order valence-corrected chi connectivity index (χ0v) is 8.65. The maximum atomic E-state index is 9.00. The Hall–Kier alpha value is -1.16. The SMILES string of the molecule is CC(=O)O.COc1ccccc1.S. The van der Waals surface area contributed by atoms with Gasteiger partial charge in [0.15, 0.2) is 0 Å². The third-order valence-electron chi connectivity index (χ3n) is 0.979. The molecule has 0 bridgehead atoms. The standard InChI is InChI=1S/C7H8O.C2H4O2.H2S/c1-8-7-5-3-2-4-6-7;1-2(3)4;/h2-6H,1H3;1H3,(H,3,4);1H2. The number of carboxylic acid groups (broad SMARTS) is 1. The minimum absolute atomic E-state index is 0. The zero-order valence-electron chi connectivity index (χ0n) is 7.65. The van der Waals surface area contributed by atoms with Gasteiger partial charge in [-0.1, -0.05) is 18.2 Å². The molecule has 0 heterocycles. The molecular formula is C9H14O3S. The molecular weight excluding hydrogens is 188 g/mol. The molecule has 4 heteroatoms. The second kappa shape index (κ2) is 8.93. The van der Waals surface area contributed by atoms with Gasteiger partial charge in [0.05, 0.1) is 7.11 Å². The fraction of sp³-hybridized carbons (Fsp3) is 0.222. The molecule has 0 atom stereocenters. The molecule has 13 heavy (non-hydrogen) atoms. The molecule has 0 fully saturated rings. The Morgan fingerprint density at radius 3 is 1.92 bits per heavy atom. The molecule has 0 aromatic heterocycles. The van der Waals surface area contributed by atoms with Crippen molar-refractivity contribution in [1.29, 1.82) is 0 Å². The molecule has 0 amide bonds. The molecule has 1 N–H and O–H groups in total. The summed E-state index contributed by atoms with van der Waals surface area (Å²) < 4.78 is 4.91. The second-order valence-electron chi connectivity index (χ2n) is 2.04. The summed E-state index contributed by atoms with van der Waals surface area (Å²) in [5.74, 6) is 0.0764. The van der Waals surface area contributed by atoms with E-state index in [1.54, 1.807) is 7.11 Å². The van der Waals surface area contributed by atoms with Crippen LogP contribution in [0.15, 0.2) is 30.3 Å². The number of para-hydroxylation sites is 1. The Balaban J connectivity index is 0. The minimum atomic E-state index is -0.833. The van der Waals surface area contributed by atoms with Gasteiger partial charge in [0, 0.05) is 6.92 Å². The van der Waals surface area contributed by atoms with Crippen LogP contribution in [0.4, 0.5) is 0 Å². The topological polar surface area (TPSA) is 46.5 Å². The Morgan fingerprint density at radius 2 is 1.69 bits per heavy atom. The van der Waals surface area contributed by atoms with Crippen LogP contribution in [0.25, 0.3) is 0 Å². The van der Waals surface area contributed by atoms with Crippen LogP contribution in [0, 0.1) is 0 Å². The molecule has 0 radical (unpaired) electrons. The number of aliphatic carboxylic acids is 1. The molecule has 3 nitrogen and oxygen atoms in total. The summed E-state index contributed by atoms with van der Waals surface area (Å²) in [7, 11) is 1.66. The van der Waals surface area contributed by atoms with Gasteiger partial charge in [0.25, 0.3) is 5.97 Å². The Morgan fingerprint density at radius 1 is 1.31 bits per heavy atom. The molecule has 0 unspecified atom stereocenters. The van der Waals surface area contributed by atoms with Crippen LogP contribution >= 0.6 is 13.5 Å². The van der Waals surface area contributed by atoms with Gasteiger partial charge < -0.3 is 9.84 Å². The highest BCUT2D eigenvalue weighted by atomic mass is 32.1. The summed E-state index contributed by atoms with van der Waals surface area (Å²) in [6.07, 6.45) is 0. The Bertz CT molecular complexity index is 220. The summed E-state index contributed by atoms with van der Waals surface area (Å²) >= 11 is 0. The first-order valence-corrected chi connectivity index (χ1v) is 3.45. The summed E-state index contributed by atoms with van der Waals surface area (Å²) in [5, 5.41) is 7.42. The zero-order chi connectivity index (χ0) is 9.40. The summed E-state index contributed by atoms with van der Waals surface area (Å²) in [5.41, 5.74) is 0. The van der Waals surface area contributed by atoms with Gasteiger partial charge in [-0.05, 0) is 12.1 Å². The van der Waals surface area contributed by atoms with Crippen LogP contribution in [0.1, 0.15) is 6.92 Å². The maximum absolute atomic E-state index is 9.00. The van der Waals surface area contributed by atoms with Crippen LogP contribution in [0.2, 0.25) is 0 Å². The van der Waals surface area contributed by atoms with Gasteiger partial charge in [-0.25, -0.2) is 0 Å². The van der Waals surface area contributed by atoms with Crippen LogP contribution < -0.4 is 4.74 Å². The predicted octanol–water partition coefficient (Wildman–Crippen LogP) is 1.90. The minimum Gasteiger partial charge on any atom is -0.497 e. The molecule has 1 aromatic carbocycles. The molecule has 0 saturated heterocycles. The average molecular weight is 202 g/mol. The van der Waals surface area contributed by atoms with Gasteiger partial charge in [-0.2, -0.15) is 13.5 Å². The van der Waals surface area contributed by atoms with E-state index in [1.165, 1.54) is 0 Å². The van der Waals surface area contributed by atoms with Crippen molar-refractivity contribution in [2.45, 2.75) is 6.92 Å². The van der Waals surface area contributed by atoms with E-state index in [4.69, 9.17) is 14.6 Å². The molecule has 0 saturated carbocycles. The van der Waals surface area contributed by atoms with E-state index in [0.29, 0.717) is 0 Å². The van der Waals surface area contributed by atoms with Crippen molar-refractivity contribution in [1.82, 2.24) is 0 Å². The van der Waals surface area contributed by atoms with E-state index in [9.17, 15) is 0 Å². The van der Waals surface area contributed by atoms with E-state index in [2.05, 4.69) is 0 Å². The van der Waals surface area contributed by atoms with Crippen molar-refractivity contribution in [3.8, 4) is 5.75 Å². The number of rotatable bonds is 1. The normalized spacial score (nSPS) is 7.23. The number of methoxy groups -OCH3 is 1. The largest absolute Gasteiger partial charge is 0.497 e. The lowest BCUT2D eigenvalue weighted by atomic mass is 10.3. The van der Waals surface area contributed by atoms with Gasteiger partial charge in [0.2, 0.25) is 0 Å². The number of ether oxygens (including phenoxy) is 1. The number of benzene rings is 1. The predicted molar refractivity (Wildman–Crippen MR) is 56.7 cm³/mol. The number of carboxylic acids is 1. The highest BCUT2D eigenvalue weighted by Crippen LogP contribution is 2.05.